The van der Waals surface area contributed by atoms with Crippen LogP contribution >= 0.6 is 0 Å². The third kappa shape index (κ3) is 1.55. The second-order valence-electron chi connectivity index (χ2n) is 4.44. The van der Waals surface area contributed by atoms with Gasteiger partial charge >= 0.3 is 0 Å². The summed E-state index contributed by atoms with van der Waals surface area (Å²) in [6, 6.07) is 11.0. The van der Waals surface area contributed by atoms with Gasteiger partial charge in [-0.1, -0.05) is 12.1 Å². The van der Waals surface area contributed by atoms with Crippen LogP contribution in [-0.2, 0) is 19.4 Å². The van der Waals surface area contributed by atoms with Gasteiger partial charge in [-0.2, -0.15) is 0 Å². The highest BCUT2D eigenvalue weighted by Crippen LogP contribution is 2.27. The van der Waals surface area contributed by atoms with E-state index < -0.39 is 0 Å². The highest BCUT2D eigenvalue weighted by molar-refractivity contribution is 5.62. The molecule has 1 aromatic carbocycles. The van der Waals surface area contributed by atoms with E-state index in [2.05, 4.69) is 35.3 Å². The molecule has 0 radical (unpaired) electrons. The fourth-order valence-electron chi connectivity index (χ4n) is 2.47. The predicted octanol–water partition coefficient (Wildman–Crippen LogP) is 2.63. The summed E-state index contributed by atoms with van der Waals surface area (Å²) in [6.07, 6.45) is 3.78. The SMILES string of the molecule is NCc1ccc(-c2ccc3c(c2)CCC3)[nH]1. The number of aryl methyl sites for hydroxylation is 2. The minimum absolute atomic E-state index is 0.574. The Morgan fingerprint density at radius 1 is 1.06 bits per heavy atom. The highest BCUT2D eigenvalue weighted by atomic mass is 14.8. The molecule has 0 spiro atoms. The van der Waals surface area contributed by atoms with Crippen LogP contribution in [0.2, 0.25) is 0 Å². The van der Waals surface area contributed by atoms with Crippen LogP contribution in [0.5, 0.6) is 0 Å². The Hall–Kier alpha value is -1.54. The summed E-state index contributed by atoms with van der Waals surface area (Å²) >= 11 is 0. The first-order valence-electron chi connectivity index (χ1n) is 5.87. The van der Waals surface area contributed by atoms with Gasteiger partial charge in [0, 0.05) is 17.9 Å². The Morgan fingerprint density at radius 3 is 2.75 bits per heavy atom. The van der Waals surface area contributed by atoms with E-state index in [4.69, 9.17) is 5.73 Å². The summed E-state index contributed by atoms with van der Waals surface area (Å²) in [6.45, 7) is 0.574. The molecule has 0 saturated carbocycles. The standard InChI is InChI=1S/C14H16N2/c15-9-13-6-7-14(16-13)12-5-4-10-2-1-3-11(10)8-12/h4-8,16H,1-3,9,15H2. The van der Waals surface area contributed by atoms with E-state index in [0.717, 1.165) is 5.69 Å². The van der Waals surface area contributed by atoms with Gasteiger partial charge in [0.1, 0.15) is 0 Å². The zero-order valence-electron chi connectivity index (χ0n) is 9.29. The molecule has 0 atom stereocenters. The molecule has 16 heavy (non-hydrogen) atoms. The van der Waals surface area contributed by atoms with Gasteiger partial charge in [0.05, 0.1) is 0 Å². The third-order valence-electron chi connectivity index (χ3n) is 3.38. The van der Waals surface area contributed by atoms with E-state index in [1.165, 1.54) is 41.6 Å². The van der Waals surface area contributed by atoms with E-state index >= 15 is 0 Å². The van der Waals surface area contributed by atoms with E-state index in [1.54, 1.807) is 0 Å². The Labute approximate surface area is 95.5 Å². The quantitative estimate of drug-likeness (QED) is 0.789. The second kappa shape index (κ2) is 3.80. The molecule has 1 aliphatic carbocycles. The van der Waals surface area contributed by atoms with Gasteiger partial charge in [0.15, 0.2) is 0 Å². The number of aromatic amines is 1. The molecule has 0 fully saturated rings. The molecule has 2 heteroatoms. The molecule has 2 aromatic rings. The third-order valence-corrected chi connectivity index (χ3v) is 3.38. The second-order valence-corrected chi connectivity index (χ2v) is 4.44. The summed E-state index contributed by atoms with van der Waals surface area (Å²) in [7, 11) is 0. The molecule has 3 N–H and O–H groups in total. The number of hydrogen-bond donors (Lipinski definition) is 2. The fraction of sp³-hybridized carbons (Fsp3) is 0.286. The molecule has 2 nitrogen and oxygen atoms in total. The van der Waals surface area contributed by atoms with Crippen LogP contribution in [0.25, 0.3) is 11.3 Å². The first-order valence-corrected chi connectivity index (χ1v) is 5.87. The number of nitrogens with one attached hydrogen (secondary N) is 1. The van der Waals surface area contributed by atoms with Crippen LogP contribution in [-0.4, -0.2) is 4.98 Å². The topological polar surface area (TPSA) is 41.8 Å². The monoisotopic (exact) mass is 212 g/mol. The number of hydrogen-bond acceptors (Lipinski definition) is 1. The molecular weight excluding hydrogens is 196 g/mol. The molecule has 3 rings (SSSR count). The van der Waals surface area contributed by atoms with Crippen molar-refractivity contribution in [1.29, 1.82) is 0 Å². The van der Waals surface area contributed by atoms with Crippen LogP contribution in [0.15, 0.2) is 30.3 Å². The molecule has 0 saturated heterocycles. The van der Waals surface area contributed by atoms with Crippen LogP contribution in [0.1, 0.15) is 23.2 Å². The van der Waals surface area contributed by atoms with Crippen molar-refractivity contribution in [3.63, 3.8) is 0 Å². The van der Waals surface area contributed by atoms with E-state index in [-0.39, 0.29) is 0 Å². The van der Waals surface area contributed by atoms with Crippen molar-refractivity contribution in [3.05, 3.63) is 47.2 Å². The van der Waals surface area contributed by atoms with Crippen molar-refractivity contribution in [2.75, 3.05) is 0 Å². The Morgan fingerprint density at radius 2 is 1.94 bits per heavy atom. The van der Waals surface area contributed by atoms with Gasteiger partial charge in [-0.25, -0.2) is 0 Å². The average Bonchev–Trinajstić information content (AvgIpc) is 2.96. The molecule has 0 unspecified atom stereocenters. The zero-order chi connectivity index (χ0) is 11.0. The van der Waals surface area contributed by atoms with Gasteiger partial charge in [-0.05, 0) is 54.2 Å². The van der Waals surface area contributed by atoms with Crippen LogP contribution < -0.4 is 5.73 Å². The lowest BCUT2D eigenvalue weighted by molar-refractivity contribution is 0.912. The van der Waals surface area contributed by atoms with Crippen molar-refractivity contribution in [2.24, 2.45) is 5.73 Å². The van der Waals surface area contributed by atoms with Crippen molar-refractivity contribution < 1.29 is 0 Å². The van der Waals surface area contributed by atoms with E-state index in [9.17, 15) is 0 Å². The maximum Gasteiger partial charge on any atom is 0.0456 e. The van der Waals surface area contributed by atoms with Crippen molar-refractivity contribution in [2.45, 2.75) is 25.8 Å². The molecule has 1 aliphatic rings. The minimum atomic E-state index is 0.574. The minimum Gasteiger partial charge on any atom is -0.357 e. The Kier molecular flexibility index (Phi) is 2.29. The first kappa shape index (κ1) is 9.67. The maximum atomic E-state index is 5.60. The molecule has 0 bridgehead atoms. The smallest absolute Gasteiger partial charge is 0.0456 e. The summed E-state index contributed by atoms with van der Waals surface area (Å²) in [5, 5.41) is 0. The lowest BCUT2D eigenvalue weighted by Crippen LogP contribution is -1.95. The normalized spacial score (nSPS) is 14.1. The van der Waals surface area contributed by atoms with Crippen molar-refractivity contribution in [1.82, 2.24) is 4.98 Å². The highest BCUT2D eigenvalue weighted by Gasteiger charge is 2.11. The fourth-order valence-corrected chi connectivity index (χ4v) is 2.47. The first-order chi connectivity index (χ1) is 7.86. The van der Waals surface area contributed by atoms with Crippen LogP contribution in [0, 0.1) is 0 Å². The summed E-state index contributed by atoms with van der Waals surface area (Å²) in [5.74, 6) is 0. The predicted molar refractivity (Wildman–Crippen MR) is 66.1 cm³/mol. The molecule has 0 amide bonds. The number of nitrogens with two attached hydrogens (primary N) is 1. The van der Waals surface area contributed by atoms with Gasteiger partial charge < -0.3 is 10.7 Å². The van der Waals surface area contributed by atoms with Crippen LogP contribution in [0.4, 0.5) is 0 Å². The molecule has 1 heterocycles. The molecule has 1 aromatic heterocycles. The molecule has 82 valence electrons. The van der Waals surface area contributed by atoms with E-state index in [0.29, 0.717) is 6.54 Å². The Bertz CT molecular complexity index is 511. The van der Waals surface area contributed by atoms with Gasteiger partial charge in [-0.15, -0.1) is 0 Å². The number of benzene rings is 1. The van der Waals surface area contributed by atoms with Gasteiger partial charge in [-0.3, -0.25) is 0 Å². The zero-order valence-corrected chi connectivity index (χ0v) is 9.29. The summed E-state index contributed by atoms with van der Waals surface area (Å²) in [5.41, 5.74) is 12.2. The number of rotatable bonds is 2. The molecular formula is C14H16N2. The Balaban J connectivity index is 2.00. The van der Waals surface area contributed by atoms with Crippen molar-refractivity contribution in [3.8, 4) is 11.3 Å². The average molecular weight is 212 g/mol. The van der Waals surface area contributed by atoms with Gasteiger partial charge in [0.2, 0.25) is 0 Å². The summed E-state index contributed by atoms with van der Waals surface area (Å²) in [4.78, 5) is 3.35. The summed E-state index contributed by atoms with van der Waals surface area (Å²) < 4.78 is 0. The maximum absolute atomic E-state index is 5.60. The lowest BCUT2D eigenvalue weighted by atomic mass is 10.0. The molecule has 0 aliphatic heterocycles. The van der Waals surface area contributed by atoms with Crippen molar-refractivity contribution >= 4 is 0 Å². The van der Waals surface area contributed by atoms with E-state index in [1.807, 2.05) is 0 Å². The number of aromatic nitrogens is 1. The van der Waals surface area contributed by atoms with Crippen LogP contribution in [0.3, 0.4) is 0 Å². The number of fused-ring (bicyclic) bond motifs is 1. The number of H-pyrrole nitrogens is 1. The van der Waals surface area contributed by atoms with Gasteiger partial charge in [0.25, 0.3) is 0 Å². The largest absolute Gasteiger partial charge is 0.357 e. The lowest BCUT2D eigenvalue weighted by Gasteiger charge is -2.03.